The van der Waals surface area contributed by atoms with Gasteiger partial charge in [-0.25, -0.2) is 9.36 Å². The van der Waals surface area contributed by atoms with Crippen molar-refractivity contribution in [2.75, 3.05) is 0 Å². The Hall–Kier alpha value is -1.82. The Morgan fingerprint density at radius 2 is 2.20 bits per heavy atom. The highest BCUT2D eigenvalue weighted by atomic mass is 35.5. The third kappa shape index (κ3) is 1.71. The third-order valence-corrected chi connectivity index (χ3v) is 2.05. The van der Waals surface area contributed by atoms with Crippen molar-refractivity contribution in [3.05, 3.63) is 44.5 Å². The topological polar surface area (TPSA) is 72.7 Å². The third-order valence-electron chi connectivity index (χ3n) is 1.85. The molecule has 0 saturated heterocycles. The Balaban J connectivity index is 2.74. The van der Waals surface area contributed by atoms with Crippen LogP contribution in [0, 0.1) is 0 Å². The van der Waals surface area contributed by atoms with Crippen LogP contribution in [0.4, 0.5) is 0 Å². The van der Waals surface area contributed by atoms with E-state index in [9.17, 15) is 9.59 Å². The lowest BCUT2D eigenvalue weighted by atomic mass is 10.5. The molecule has 78 valence electrons. The fourth-order valence-electron chi connectivity index (χ4n) is 1.24. The van der Waals surface area contributed by atoms with Crippen LogP contribution < -0.4 is 11.2 Å². The SMILES string of the molecule is Cn1cc(-n2c(=O)cc(Cl)[nH]c2=O)cn1. The first-order valence-corrected chi connectivity index (χ1v) is 4.46. The molecule has 0 aliphatic rings. The minimum atomic E-state index is -0.583. The van der Waals surface area contributed by atoms with Crippen LogP contribution in [0.2, 0.25) is 5.15 Å². The molecule has 1 N–H and O–H groups in total. The van der Waals surface area contributed by atoms with Gasteiger partial charge in [-0.15, -0.1) is 0 Å². The van der Waals surface area contributed by atoms with Crippen LogP contribution in [-0.4, -0.2) is 19.3 Å². The van der Waals surface area contributed by atoms with Crippen LogP contribution in [0.5, 0.6) is 0 Å². The second-order valence-corrected chi connectivity index (χ2v) is 3.38. The molecule has 2 aromatic heterocycles. The summed E-state index contributed by atoms with van der Waals surface area (Å²) >= 11 is 5.53. The zero-order valence-electron chi connectivity index (χ0n) is 7.77. The van der Waals surface area contributed by atoms with Gasteiger partial charge in [-0.3, -0.25) is 14.5 Å². The summed E-state index contributed by atoms with van der Waals surface area (Å²) in [6.07, 6.45) is 2.98. The molecule has 2 aromatic rings. The Morgan fingerprint density at radius 1 is 1.47 bits per heavy atom. The number of aryl methyl sites for hydroxylation is 1. The number of hydrogen-bond acceptors (Lipinski definition) is 3. The zero-order valence-corrected chi connectivity index (χ0v) is 8.52. The summed E-state index contributed by atoms with van der Waals surface area (Å²) in [6, 6.07) is 1.13. The molecule has 0 aliphatic heterocycles. The summed E-state index contributed by atoms with van der Waals surface area (Å²) in [5, 5.41) is 3.89. The molecule has 0 bridgehead atoms. The Labute approximate surface area is 88.7 Å². The molecule has 0 amide bonds. The lowest BCUT2D eigenvalue weighted by molar-refractivity contribution is 0.766. The van der Waals surface area contributed by atoms with E-state index in [-0.39, 0.29) is 5.15 Å². The van der Waals surface area contributed by atoms with Gasteiger partial charge in [0.15, 0.2) is 0 Å². The Morgan fingerprint density at radius 3 is 2.73 bits per heavy atom. The van der Waals surface area contributed by atoms with Gasteiger partial charge in [0.2, 0.25) is 0 Å². The number of nitrogens with zero attached hydrogens (tertiary/aromatic N) is 3. The molecular weight excluding hydrogens is 220 g/mol. The molecule has 6 nitrogen and oxygen atoms in total. The number of H-pyrrole nitrogens is 1. The van der Waals surface area contributed by atoms with E-state index in [4.69, 9.17) is 11.6 Å². The molecule has 0 aliphatic carbocycles. The van der Waals surface area contributed by atoms with E-state index in [1.165, 1.54) is 10.9 Å². The van der Waals surface area contributed by atoms with Crippen LogP contribution >= 0.6 is 11.6 Å². The molecule has 15 heavy (non-hydrogen) atoms. The predicted octanol–water partition coefficient (Wildman–Crippen LogP) is -0.0873. The summed E-state index contributed by atoms with van der Waals surface area (Å²) in [4.78, 5) is 25.3. The van der Waals surface area contributed by atoms with Gasteiger partial charge >= 0.3 is 5.69 Å². The number of hydrogen-bond donors (Lipinski definition) is 1. The van der Waals surface area contributed by atoms with Crippen molar-refractivity contribution in [2.45, 2.75) is 0 Å². The first-order chi connectivity index (χ1) is 7.08. The standard InChI is InChI=1S/C8H7ClN4O2/c1-12-4-5(3-10-12)13-7(14)2-6(9)11-8(13)15/h2-4H,1H3,(H,11,15). The van der Waals surface area contributed by atoms with Gasteiger partial charge in [0.1, 0.15) is 5.15 Å². The van der Waals surface area contributed by atoms with E-state index in [0.717, 1.165) is 10.6 Å². The monoisotopic (exact) mass is 226 g/mol. The molecule has 2 rings (SSSR count). The number of aromatic amines is 1. The van der Waals surface area contributed by atoms with Crippen molar-refractivity contribution in [3.63, 3.8) is 0 Å². The summed E-state index contributed by atoms with van der Waals surface area (Å²) in [5.74, 6) is 0. The van der Waals surface area contributed by atoms with Crippen LogP contribution in [-0.2, 0) is 7.05 Å². The van der Waals surface area contributed by atoms with Gasteiger partial charge in [0.25, 0.3) is 5.56 Å². The number of halogens is 1. The highest BCUT2D eigenvalue weighted by Crippen LogP contribution is 2.00. The molecule has 0 unspecified atom stereocenters. The Bertz CT molecular complexity index is 578. The lowest BCUT2D eigenvalue weighted by Crippen LogP contribution is -2.32. The molecule has 0 spiro atoms. The van der Waals surface area contributed by atoms with E-state index < -0.39 is 11.2 Å². The summed E-state index contributed by atoms with van der Waals surface area (Å²) in [7, 11) is 1.69. The summed E-state index contributed by atoms with van der Waals surface area (Å²) in [6.45, 7) is 0. The van der Waals surface area contributed by atoms with Crippen LogP contribution in [0.1, 0.15) is 0 Å². The molecule has 0 atom stereocenters. The van der Waals surface area contributed by atoms with E-state index >= 15 is 0 Å². The summed E-state index contributed by atoms with van der Waals surface area (Å²) < 4.78 is 2.45. The normalized spacial score (nSPS) is 10.5. The molecule has 0 aromatic carbocycles. The molecule has 0 radical (unpaired) electrons. The van der Waals surface area contributed by atoms with Crippen molar-refractivity contribution < 1.29 is 0 Å². The van der Waals surface area contributed by atoms with Gasteiger partial charge in [-0.1, -0.05) is 11.6 Å². The van der Waals surface area contributed by atoms with Crippen LogP contribution in [0.3, 0.4) is 0 Å². The van der Waals surface area contributed by atoms with Crippen molar-refractivity contribution >= 4 is 11.6 Å². The fraction of sp³-hybridized carbons (Fsp3) is 0.125. The Kier molecular flexibility index (Phi) is 2.20. The molecule has 0 fully saturated rings. The number of aromatic nitrogens is 4. The maximum Gasteiger partial charge on any atom is 0.334 e. The number of nitrogens with one attached hydrogen (secondary N) is 1. The molecule has 2 heterocycles. The maximum atomic E-state index is 11.5. The number of rotatable bonds is 1. The van der Waals surface area contributed by atoms with Crippen LogP contribution in [0.15, 0.2) is 28.0 Å². The molecule has 7 heteroatoms. The van der Waals surface area contributed by atoms with Gasteiger partial charge < -0.3 is 0 Å². The molecular formula is C8H7ClN4O2. The van der Waals surface area contributed by atoms with Gasteiger partial charge in [-0.2, -0.15) is 5.10 Å². The second kappa shape index (κ2) is 3.39. The quantitative estimate of drug-likeness (QED) is 0.691. The average Bonchev–Trinajstić information content (AvgIpc) is 2.49. The second-order valence-electron chi connectivity index (χ2n) is 2.97. The van der Waals surface area contributed by atoms with Gasteiger partial charge in [0, 0.05) is 19.3 Å². The predicted molar refractivity (Wildman–Crippen MR) is 54.4 cm³/mol. The first kappa shape index (κ1) is 9.72. The minimum Gasteiger partial charge on any atom is -0.297 e. The van der Waals surface area contributed by atoms with Gasteiger partial charge in [-0.05, 0) is 0 Å². The van der Waals surface area contributed by atoms with E-state index in [2.05, 4.69) is 10.1 Å². The largest absolute Gasteiger partial charge is 0.334 e. The minimum absolute atomic E-state index is 0.0186. The van der Waals surface area contributed by atoms with Crippen LogP contribution in [0.25, 0.3) is 5.69 Å². The van der Waals surface area contributed by atoms with E-state index in [1.807, 2.05) is 0 Å². The van der Waals surface area contributed by atoms with Crippen molar-refractivity contribution in [2.24, 2.45) is 7.05 Å². The van der Waals surface area contributed by atoms with Crippen molar-refractivity contribution in [1.82, 2.24) is 19.3 Å². The first-order valence-electron chi connectivity index (χ1n) is 4.09. The average molecular weight is 227 g/mol. The highest BCUT2D eigenvalue weighted by Gasteiger charge is 2.06. The van der Waals surface area contributed by atoms with E-state index in [1.54, 1.807) is 13.2 Å². The molecule has 0 saturated carbocycles. The fourth-order valence-corrected chi connectivity index (χ4v) is 1.41. The van der Waals surface area contributed by atoms with E-state index in [0.29, 0.717) is 5.69 Å². The van der Waals surface area contributed by atoms with Crippen molar-refractivity contribution in [3.8, 4) is 5.69 Å². The smallest absolute Gasteiger partial charge is 0.297 e. The zero-order chi connectivity index (χ0) is 11.0. The maximum absolute atomic E-state index is 11.5. The highest BCUT2D eigenvalue weighted by molar-refractivity contribution is 6.29. The van der Waals surface area contributed by atoms with Crippen molar-refractivity contribution in [1.29, 1.82) is 0 Å². The van der Waals surface area contributed by atoms with Gasteiger partial charge in [0.05, 0.1) is 11.9 Å². The lowest BCUT2D eigenvalue weighted by Gasteiger charge is -1.99. The summed E-state index contributed by atoms with van der Waals surface area (Å²) in [5.41, 5.74) is -0.669.